The number of nitriles is 2. The summed E-state index contributed by atoms with van der Waals surface area (Å²) in [4.78, 5) is 16.0. The molecule has 32 heavy (non-hydrogen) atoms. The first-order valence-corrected chi connectivity index (χ1v) is 11.4. The van der Waals surface area contributed by atoms with Gasteiger partial charge < -0.3 is 4.90 Å². The van der Waals surface area contributed by atoms with Crippen molar-refractivity contribution in [2.45, 2.75) is 18.0 Å². The van der Waals surface area contributed by atoms with Crippen molar-refractivity contribution in [1.82, 2.24) is 0 Å². The Morgan fingerprint density at radius 1 is 0.938 bits per heavy atom. The van der Waals surface area contributed by atoms with Gasteiger partial charge in [-0.3, -0.25) is 4.79 Å². The van der Waals surface area contributed by atoms with Crippen LogP contribution in [0.4, 0.5) is 5.69 Å². The summed E-state index contributed by atoms with van der Waals surface area (Å²) in [6, 6.07) is 28.3. The minimum atomic E-state index is -1.41. The van der Waals surface area contributed by atoms with Gasteiger partial charge in [-0.05, 0) is 51.9 Å². The first kappa shape index (κ1) is 20.5. The Labute approximate surface area is 200 Å². The van der Waals surface area contributed by atoms with Crippen molar-refractivity contribution in [2.24, 2.45) is 5.41 Å². The zero-order valence-electron chi connectivity index (χ0n) is 17.0. The van der Waals surface area contributed by atoms with Gasteiger partial charge in [0.05, 0.1) is 18.2 Å². The van der Waals surface area contributed by atoms with E-state index in [4.69, 9.17) is 0 Å². The van der Waals surface area contributed by atoms with Gasteiger partial charge in [0.15, 0.2) is 11.2 Å². The highest BCUT2D eigenvalue weighted by atomic mass is 127. The number of hydrogen-bond acceptors (Lipinski definition) is 4. The molecule has 4 nitrogen and oxygen atoms in total. The van der Waals surface area contributed by atoms with Crippen LogP contribution in [0.25, 0.3) is 6.08 Å². The highest BCUT2D eigenvalue weighted by molar-refractivity contribution is 14.1. The molecule has 1 fully saturated rings. The van der Waals surface area contributed by atoms with Gasteiger partial charge in [0, 0.05) is 20.7 Å². The second-order valence-corrected chi connectivity index (χ2v) is 9.32. The van der Waals surface area contributed by atoms with Crippen molar-refractivity contribution in [3.05, 3.63) is 105 Å². The van der Waals surface area contributed by atoms with Gasteiger partial charge >= 0.3 is 0 Å². The molecule has 154 valence electrons. The molecule has 3 aromatic carbocycles. The van der Waals surface area contributed by atoms with Crippen molar-refractivity contribution in [3.63, 3.8) is 0 Å². The number of ketones is 1. The molecule has 2 heterocycles. The van der Waals surface area contributed by atoms with Gasteiger partial charge in [-0.1, -0.05) is 72.8 Å². The fourth-order valence-corrected chi connectivity index (χ4v) is 5.65. The Morgan fingerprint density at radius 2 is 1.66 bits per heavy atom. The lowest BCUT2D eigenvalue weighted by atomic mass is 9.69. The molecule has 0 N–H and O–H groups in total. The van der Waals surface area contributed by atoms with Crippen LogP contribution in [0.3, 0.4) is 0 Å². The van der Waals surface area contributed by atoms with Gasteiger partial charge in [0.1, 0.15) is 6.04 Å². The van der Waals surface area contributed by atoms with Gasteiger partial charge in [-0.15, -0.1) is 0 Å². The Balaban J connectivity index is 1.80. The minimum Gasteiger partial charge on any atom is -0.351 e. The van der Waals surface area contributed by atoms with Crippen LogP contribution in [0.5, 0.6) is 0 Å². The second kappa shape index (κ2) is 7.93. The average molecular weight is 527 g/mol. The molecule has 5 heteroatoms. The topological polar surface area (TPSA) is 67.9 Å². The van der Waals surface area contributed by atoms with Crippen molar-refractivity contribution in [2.75, 3.05) is 4.90 Å². The zero-order chi connectivity index (χ0) is 22.3. The molecule has 2 aliphatic heterocycles. The summed E-state index contributed by atoms with van der Waals surface area (Å²) in [7, 11) is 0. The number of halogens is 1. The number of benzene rings is 3. The van der Waals surface area contributed by atoms with E-state index in [9.17, 15) is 15.3 Å². The third kappa shape index (κ3) is 2.97. The summed E-state index contributed by atoms with van der Waals surface area (Å²) >= 11 is 2.23. The molecule has 0 radical (unpaired) electrons. The van der Waals surface area contributed by atoms with Gasteiger partial charge in [-0.25, -0.2) is 0 Å². The van der Waals surface area contributed by atoms with Crippen LogP contribution < -0.4 is 4.90 Å². The first-order chi connectivity index (χ1) is 15.6. The summed E-state index contributed by atoms with van der Waals surface area (Å²) in [5, 5.41) is 20.9. The van der Waals surface area contributed by atoms with E-state index in [0.29, 0.717) is 5.56 Å². The predicted octanol–water partition coefficient (Wildman–Crippen LogP) is 5.58. The van der Waals surface area contributed by atoms with Crippen LogP contribution >= 0.6 is 22.6 Å². The maximum atomic E-state index is 14.0. The Morgan fingerprint density at radius 3 is 2.38 bits per heavy atom. The van der Waals surface area contributed by atoms with E-state index >= 15 is 0 Å². The smallest absolute Gasteiger partial charge is 0.185 e. The number of fused-ring (bicyclic) bond motifs is 3. The quantitative estimate of drug-likeness (QED) is 0.330. The Bertz CT molecular complexity index is 1300. The number of rotatable bonds is 3. The minimum absolute atomic E-state index is 0.0862. The van der Waals surface area contributed by atoms with E-state index in [-0.39, 0.29) is 5.78 Å². The molecule has 5 rings (SSSR count). The molecule has 0 unspecified atom stereocenters. The van der Waals surface area contributed by atoms with E-state index in [1.165, 1.54) is 0 Å². The molecule has 3 atom stereocenters. The molecular formula is C27H18IN3O. The Hall–Kier alpha value is -3.42. The molecule has 3 aromatic rings. The number of nitrogens with zero attached hydrogens (tertiary/aromatic N) is 3. The van der Waals surface area contributed by atoms with Gasteiger partial charge in [-0.2, -0.15) is 10.5 Å². The number of anilines is 1. The van der Waals surface area contributed by atoms with Crippen LogP contribution in [0, 0.1) is 31.6 Å². The third-order valence-corrected chi connectivity index (χ3v) is 7.12. The normalized spacial score (nSPS) is 22.3. The fourth-order valence-electron chi connectivity index (χ4n) is 5.08. The van der Waals surface area contributed by atoms with Crippen molar-refractivity contribution >= 4 is 40.1 Å². The SMILES string of the molecule is N#CC1(C#N)[C@H](c2cccc(I)c2)[C@@H](C(=O)c2ccccc2)N2c3ccccc3C=C[C@@H]21. The predicted molar refractivity (Wildman–Crippen MR) is 132 cm³/mol. The molecule has 0 aromatic heterocycles. The first-order valence-electron chi connectivity index (χ1n) is 10.3. The van der Waals surface area contributed by atoms with E-state index in [1.54, 1.807) is 12.1 Å². The standard InChI is InChI=1S/C27H18IN3O/c28-21-11-6-10-20(15-21)24-25(26(32)19-8-2-1-3-9-19)31-22-12-5-4-7-18(22)13-14-23(31)27(24,16-29)17-30/h1-15,23-25H/t23-,24-,25+/m1/s1. The summed E-state index contributed by atoms with van der Waals surface area (Å²) in [5.74, 6) is -0.697. The highest BCUT2D eigenvalue weighted by Crippen LogP contribution is 2.55. The van der Waals surface area contributed by atoms with Crippen LogP contribution in [0.2, 0.25) is 0 Å². The van der Waals surface area contributed by atoms with E-state index in [0.717, 1.165) is 20.4 Å². The molecular weight excluding hydrogens is 509 g/mol. The molecule has 2 aliphatic rings. The maximum absolute atomic E-state index is 14.0. The van der Waals surface area contributed by atoms with Crippen LogP contribution in [0.1, 0.15) is 27.4 Å². The van der Waals surface area contributed by atoms with Crippen molar-refractivity contribution in [3.8, 4) is 12.1 Å². The lowest BCUT2D eigenvalue weighted by Gasteiger charge is -2.35. The van der Waals surface area contributed by atoms with Crippen molar-refractivity contribution < 1.29 is 4.79 Å². The number of carbonyl (C=O) groups is 1. The highest BCUT2D eigenvalue weighted by Gasteiger charge is 2.63. The molecule has 0 bridgehead atoms. The van der Waals surface area contributed by atoms with Crippen LogP contribution in [-0.4, -0.2) is 17.9 Å². The van der Waals surface area contributed by atoms with Crippen LogP contribution in [0.15, 0.2) is 84.9 Å². The van der Waals surface area contributed by atoms with E-state index < -0.39 is 23.4 Å². The summed E-state index contributed by atoms with van der Waals surface area (Å²) in [6.45, 7) is 0. The lowest BCUT2D eigenvalue weighted by molar-refractivity contribution is 0.0951. The van der Waals surface area contributed by atoms with Crippen molar-refractivity contribution in [1.29, 1.82) is 10.5 Å². The molecule has 0 saturated carbocycles. The lowest BCUT2D eigenvalue weighted by Crippen LogP contribution is -2.44. The molecule has 1 saturated heterocycles. The Kier molecular flexibility index (Phi) is 5.07. The molecule has 0 aliphatic carbocycles. The van der Waals surface area contributed by atoms with Gasteiger partial charge in [0.25, 0.3) is 0 Å². The fraction of sp³-hybridized carbons (Fsp3) is 0.148. The monoisotopic (exact) mass is 527 g/mol. The summed E-state index contributed by atoms with van der Waals surface area (Å²) in [6.07, 6.45) is 3.87. The summed E-state index contributed by atoms with van der Waals surface area (Å²) < 4.78 is 0.997. The summed E-state index contributed by atoms with van der Waals surface area (Å²) in [5.41, 5.74) is 1.84. The largest absolute Gasteiger partial charge is 0.351 e. The number of Topliss-reactive ketones (excluding diaryl/α,β-unsaturated/α-hetero) is 1. The third-order valence-electron chi connectivity index (χ3n) is 6.45. The van der Waals surface area contributed by atoms with Gasteiger partial charge in [0.2, 0.25) is 0 Å². The number of carbonyl (C=O) groups excluding carboxylic acids is 1. The van der Waals surface area contributed by atoms with E-state index in [1.807, 2.05) is 83.8 Å². The molecule has 0 spiro atoms. The average Bonchev–Trinajstić information content (AvgIpc) is 3.15. The van der Waals surface area contributed by atoms with Crippen LogP contribution in [-0.2, 0) is 0 Å². The maximum Gasteiger partial charge on any atom is 0.185 e. The second-order valence-electron chi connectivity index (χ2n) is 8.07. The number of hydrogen-bond donors (Lipinski definition) is 0. The zero-order valence-corrected chi connectivity index (χ0v) is 19.2. The molecule has 0 amide bonds. The van der Waals surface area contributed by atoms with E-state index in [2.05, 4.69) is 34.7 Å². The number of para-hydroxylation sites is 1.